The van der Waals surface area contributed by atoms with E-state index in [2.05, 4.69) is 31.4 Å². The molecule has 0 radical (unpaired) electrons. The van der Waals surface area contributed by atoms with Gasteiger partial charge in [-0.2, -0.15) is 5.10 Å². The summed E-state index contributed by atoms with van der Waals surface area (Å²) in [5, 5.41) is 18.2. The van der Waals surface area contributed by atoms with Gasteiger partial charge in [0.2, 0.25) is 0 Å². The molecule has 13 heteroatoms. The second-order valence-corrected chi connectivity index (χ2v) is 11.7. The lowest BCUT2D eigenvalue weighted by molar-refractivity contribution is -0.130. The number of nitrogens with one attached hydrogen (secondary N) is 1. The molecule has 1 aliphatic heterocycles. The van der Waals surface area contributed by atoms with Crippen molar-refractivity contribution in [3.63, 3.8) is 0 Å². The van der Waals surface area contributed by atoms with E-state index in [4.69, 9.17) is 19.3 Å². The molecule has 5 rings (SSSR count). The lowest BCUT2D eigenvalue weighted by Crippen LogP contribution is -2.28. The zero-order chi connectivity index (χ0) is 31.2. The summed E-state index contributed by atoms with van der Waals surface area (Å²) in [5.41, 5.74) is 3.15. The Kier molecular flexibility index (Phi) is 9.85. The maximum atomic E-state index is 13.6. The van der Waals surface area contributed by atoms with Gasteiger partial charge in [-0.3, -0.25) is 9.59 Å². The number of rotatable bonds is 11. The Hall–Kier alpha value is -4.36. The monoisotopic (exact) mass is 678 g/mol. The smallest absolute Gasteiger partial charge is 0.253 e. The third-order valence-electron chi connectivity index (χ3n) is 7.11. The molecule has 0 saturated heterocycles. The van der Waals surface area contributed by atoms with Gasteiger partial charge >= 0.3 is 0 Å². The number of hydrogen-bond acceptors (Lipinski definition) is 9. The normalized spacial score (nSPS) is 14.2. The number of thioether (sulfide) groups is 1. The predicted molar refractivity (Wildman–Crippen MR) is 170 cm³/mol. The Labute approximate surface area is 267 Å². The minimum Gasteiger partial charge on any atom is -0.497 e. The zero-order valence-electron chi connectivity index (χ0n) is 24.6. The van der Waals surface area contributed by atoms with Crippen LogP contribution < -0.4 is 19.5 Å². The van der Waals surface area contributed by atoms with Crippen molar-refractivity contribution >= 4 is 45.2 Å². The average molecular weight is 680 g/mol. The van der Waals surface area contributed by atoms with E-state index in [9.17, 15) is 9.59 Å². The molecule has 1 aromatic heterocycles. The molecule has 44 heavy (non-hydrogen) atoms. The topological polar surface area (TPSA) is 120 Å². The van der Waals surface area contributed by atoms with Crippen molar-refractivity contribution in [3.05, 3.63) is 93.7 Å². The number of aromatic nitrogens is 3. The van der Waals surface area contributed by atoms with E-state index in [0.717, 1.165) is 27.1 Å². The van der Waals surface area contributed by atoms with E-state index >= 15 is 0 Å². The van der Waals surface area contributed by atoms with Gasteiger partial charge in [0.15, 0.2) is 11.0 Å². The molecule has 2 amide bonds. The molecule has 3 aromatic carbocycles. The highest BCUT2D eigenvalue weighted by atomic mass is 79.9. The maximum absolute atomic E-state index is 13.6. The quantitative estimate of drug-likeness (QED) is 0.220. The van der Waals surface area contributed by atoms with E-state index in [1.54, 1.807) is 41.9 Å². The van der Waals surface area contributed by atoms with Gasteiger partial charge in [-0.1, -0.05) is 52.0 Å². The van der Waals surface area contributed by atoms with Gasteiger partial charge < -0.3 is 24.1 Å². The lowest BCUT2D eigenvalue weighted by Gasteiger charge is -2.22. The van der Waals surface area contributed by atoms with Crippen LogP contribution in [0.1, 0.15) is 39.8 Å². The number of carbonyl (C=O) groups excluding carboxylic acids is 2. The van der Waals surface area contributed by atoms with E-state index in [1.807, 2.05) is 48.5 Å². The van der Waals surface area contributed by atoms with Crippen molar-refractivity contribution in [1.82, 2.24) is 25.1 Å². The van der Waals surface area contributed by atoms with Gasteiger partial charge in [0.25, 0.3) is 11.8 Å². The van der Waals surface area contributed by atoms with Crippen molar-refractivity contribution in [2.24, 2.45) is 12.1 Å². The molecule has 0 unspecified atom stereocenters. The Balaban J connectivity index is 1.26. The van der Waals surface area contributed by atoms with Crippen molar-refractivity contribution in [2.75, 3.05) is 27.1 Å². The molecule has 2 heterocycles. The van der Waals surface area contributed by atoms with Crippen LogP contribution in [0.15, 0.2) is 81.5 Å². The van der Waals surface area contributed by atoms with Crippen molar-refractivity contribution in [2.45, 2.75) is 24.2 Å². The number of ether oxygens (including phenoxy) is 3. The first-order valence-corrected chi connectivity index (χ1v) is 15.4. The Bertz CT molecular complexity index is 1650. The van der Waals surface area contributed by atoms with Gasteiger partial charge in [-0.15, -0.1) is 10.2 Å². The molecular weight excluding hydrogens is 648 g/mol. The molecule has 1 atom stereocenters. The van der Waals surface area contributed by atoms with Crippen LogP contribution >= 0.6 is 27.7 Å². The second kappa shape index (κ2) is 14.0. The molecular formula is C31H31BrN6O5S. The summed E-state index contributed by atoms with van der Waals surface area (Å²) in [6.45, 7) is 0.142. The number of nitrogens with zero attached hydrogens (tertiary/aromatic N) is 5. The summed E-state index contributed by atoms with van der Waals surface area (Å²) in [6.07, 6.45) is 0.581. The van der Waals surface area contributed by atoms with Crippen molar-refractivity contribution in [1.29, 1.82) is 0 Å². The van der Waals surface area contributed by atoms with Crippen LogP contribution in [-0.2, 0) is 18.4 Å². The molecule has 0 aliphatic carbocycles. The first-order valence-electron chi connectivity index (χ1n) is 13.6. The van der Waals surface area contributed by atoms with E-state index in [1.165, 1.54) is 26.0 Å². The predicted octanol–water partition coefficient (Wildman–Crippen LogP) is 5.00. The molecule has 4 aromatic rings. The van der Waals surface area contributed by atoms with E-state index in [0.29, 0.717) is 34.5 Å². The molecule has 0 saturated carbocycles. The summed E-state index contributed by atoms with van der Waals surface area (Å²) in [7, 11) is 6.46. The maximum Gasteiger partial charge on any atom is 0.253 e. The SMILES string of the molecule is COc1ccc([C@@H]2CC(c3ccc(Br)cc3)=NN2C(=O)CSc2nnc(CNC(=O)c3cc(OC)cc(OC)c3)n2C)cc1. The number of amides is 2. The fourth-order valence-electron chi connectivity index (χ4n) is 4.66. The number of hydrazone groups is 1. The fourth-order valence-corrected chi connectivity index (χ4v) is 5.71. The molecule has 0 bridgehead atoms. The number of hydrogen-bond donors (Lipinski definition) is 1. The Morgan fingerprint density at radius 3 is 2.23 bits per heavy atom. The molecule has 1 N–H and O–H groups in total. The van der Waals surface area contributed by atoms with Gasteiger partial charge in [-0.05, 0) is 47.5 Å². The van der Waals surface area contributed by atoms with Crippen LogP contribution in [0.3, 0.4) is 0 Å². The van der Waals surface area contributed by atoms with Crippen LogP contribution in [0.5, 0.6) is 17.2 Å². The van der Waals surface area contributed by atoms with Crippen LogP contribution in [-0.4, -0.2) is 64.4 Å². The Morgan fingerprint density at radius 1 is 0.932 bits per heavy atom. The molecule has 1 aliphatic rings. The minimum atomic E-state index is -0.312. The summed E-state index contributed by atoms with van der Waals surface area (Å²) < 4.78 is 18.6. The zero-order valence-corrected chi connectivity index (χ0v) is 27.0. The highest BCUT2D eigenvalue weighted by Gasteiger charge is 2.33. The number of methoxy groups -OCH3 is 3. The standard InChI is InChI=1S/C31H31BrN6O5S/c1-37-28(17-33-30(40)21-13-24(42-3)15-25(14-21)43-4)34-35-31(37)44-18-29(39)38-27(20-7-11-23(41-2)12-8-20)16-26(36-38)19-5-9-22(32)10-6-19/h5-15,27H,16-18H2,1-4H3,(H,33,40)/t27-/m0/s1. The number of carbonyl (C=O) groups is 2. The molecule has 228 valence electrons. The first kappa shape index (κ1) is 31.1. The summed E-state index contributed by atoms with van der Waals surface area (Å²) in [6, 6.07) is 20.3. The minimum absolute atomic E-state index is 0.103. The molecule has 0 fully saturated rings. The van der Waals surface area contributed by atoms with E-state index < -0.39 is 0 Å². The largest absolute Gasteiger partial charge is 0.497 e. The summed E-state index contributed by atoms with van der Waals surface area (Å²) in [5.74, 6) is 1.93. The van der Waals surface area contributed by atoms with Crippen LogP contribution in [0.2, 0.25) is 0 Å². The molecule has 0 spiro atoms. The van der Waals surface area contributed by atoms with Crippen molar-refractivity contribution < 1.29 is 23.8 Å². The number of benzene rings is 3. The first-order chi connectivity index (χ1) is 21.3. The van der Waals surface area contributed by atoms with Gasteiger partial charge in [0.05, 0.1) is 45.4 Å². The highest BCUT2D eigenvalue weighted by molar-refractivity contribution is 9.10. The third kappa shape index (κ3) is 7.05. The van der Waals surface area contributed by atoms with Crippen molar-refractivity contribution in [3.8, 4) is 17.2 Å². The van der Waals surface area contributed by atoms with Crippen LogP contribution in [0.4, 0.5) is 0 Å². The summed E-state index contributed by atoms with van der Waals surface area (Å²) in [4.78, 5) is 26.4. The molecule has 11 nitrogen and oxygen atoms in total. The van der Waals surface area contributed by atoms with Gasteiger partial charge in [-0.25, -0.2) is 5.01 Å². The fraction of sp³-hybridized carbons (Fsp3) is 0.258. The third-order valence-corrected chi connectivity index (χ3v) is 8.65. The second-order valence-electron chi connectivity index (χ2n) is 9.82. The lowest BCUT2D eigenvalue weighted by atomic mass is 9.98. The van der Waals surface area contributed by atoms with E-state index in [-0.39, 0.29) is 30.2 Å². The van der Waals surface area contributed by atoms with Gasteiger partial charge in [0.1, 0.15) is 17.2 Å². The average Bonchev–Trinajstić information content (AvgIpc) is 3.66. The number of halogens is 1. The van der Waals surface area contributed by atoms with Crippen LogP contribution in [0, 0.1) is 0 Å². The summed E-state index contributed by atoms with van der Waals surface area (Å²) >= 11 is 4.74. The highest BCUT2D eigenvalue weighted by Crippen LogP contribution is 2.34. The van der Waals surface area contributed by atoms with Gasteiger partial charge in [0, 0.05) is 29.6 Å². The van der Waals surface area contributed by atoms with Crippen LogP contribution in [0.25, 0.3) is 0 Å². The Morgan fingerprint density at radius 2 is 1.59 bits per heavy atom.